The number of hydrogen-bond donors (Lipinski definition) is 1. The summed E-state index contributed by atoms with van der Waals surface area (Å²) in [7, 11) is 5.43. The van der Waals surface area contributed by atoms with Gasteiger partial charge in [-0.05, 0) is 6.42 Å². The molecule has 1 aliphatic heterocycles. The molecule has 1 saturated heterocycles. The van der Waals surface area contributed by atoms with E-state index in [4.69, 9.17) is 5.90 Å². The Morgan fingerprint density at radius 1 is 1.53 bits per heavy atom. The molecule has 0 aromatic rings. The van der Waals surface area contributed by atoms with Crippen molar-refractivity contribution in [2.24, 2.45) is 5.90 Å². The van der Waals surface area contributed by atoms with Gasteiger partial charge in [-0.15, -0.1) is 0 Å². The van der Waals surface area contributed by atoms with Crippen molar-refractivity contribution >= 4 is 18.3 Å². The minimum Gasteiger partial charge on any atom is -0.331 e. The number of nitrogens with two attached hydrogens (primary N) is 1. The van der Waals surface area contributed by atoms with Crippen LogP contribution in [0.4, 0.5) is 4.79 Å². The van der Waals surface area contributed by atoms with E-state index < -0.39 is 0 Å². The highest BCUT2D eigenvalue weighted by atomic mass is 32.2. The first-order chi connectivity index (χ1) is 7.06. The number of urea groups is 1. The second-order valence-corrected chi connectivity index (χ2v) is 4.70. The van der Waals surface area contributed by atoms with Gasteiger partial charge in [0.2, 0.25) is 0 Å². The largest absolute Gasteiger partial charge is 0.331 e. The van der Waals surface area contributed by atoms with Gasteiger partial charge in [-0.1, -0.05) is 0 Å². The van der Waals surface area contributed by atoms with Crippen LogP contribution in [0.25, 0.3) is 0 Å². The van der Waals surface area contributed by atoms with Crippen molar-refractivity contribution in [3.63, 3.8) is 0 Å². The Hall–Kier alpha value is -0.500. The molecule has 0 bridgehead atoms. The minimum absolute atomic E-state index is 0.0598. The van der Waals surface area contributed by atoms with Crippen LogP contribution in [0.2, 0.25) is 0 Å². The van der Waals surface area contributed by atoms with E-state index in [0.29, 0.717) is 6.04 Å². The van der Waals surface area contributed by atoms with E-state index in [9.17, 15) is 4.79 Å². The average molecular weight is 234 g/mol. The summed E-state index contributed by atoms with van der Waals surface area (Å²) < 4.78 is 6.42. The predicted molar refractivity (Wildman–Crippen MR) is 59.7 cm³/mol. The zero-order valence-electron chi connectivity index (χ0n) is 9.34. The molecule has 1 rings (SSSR count). The van der Waals surface area contributed by atoms with Crippen LogP contribution in [0, 0.1) is 0 Å². The van der Waals surface area contributed by atoms with Crippen LogP contribution < -0.4 is 5.90 Å². The lowest BCUT2D eigenvalue weighted by Gasteiger charge is -2.23. The highest BCUT2D eigenvalue weighted by Gasteiger charge is 2.30. The van der Waals surface area contributed by atoms with Crippen molar-refractivity contribution in [3.05, 3.63) is 0 Å². The van der Waals surface area contributed by atoms with E-state index in [1.165, 1.54) is 0 Å². The van der Waals surface area contributed by atoms with E-state index in [0.717, 1.165) is 31.7 Å². The molecule has 0 aliphatic carbocycles. The van der Waals surface area contributed by atoms with Crippen LogP contribution in [0.15, 0.2) is 0 Å². The summed E-state index contributed by atoms with van der Waals surface area (Å²) >= 11 is 1.11. The Morgan fingerprint density at radius 2 is 2.20 bits per heavy atom. The van der Waals surface area contributed by atoms with Gasteiger partial charge in [0.1, 0.15) is 12.2 Å². The van der Waals surface area contributed by atoms with Crippen LogP contribution >= 0.6 is 12.2 Å². The Kier molecular flexibility index (Phi) is 4.65. The first-order valence-corrected chi connectivity index (χ1v) is 5.48. The van der Waals surface area contributed by atoms with Gasteiger partial charge in [0.05, 0.1) is 0 Å². The van der Waals surface area contributed by atoms with Crippen LogP contribution in [-0.2, 0) is 4.28 Å². The number of carbonyl (C=O) groups is 1. The molecule has 0 aromatic heterocycles. The van der Waals surface area contributed by atoms with Crippen molar-refractivity contribution < 1.29 is 9.08 Å². The second-order valence-electron chi connectivity index (χ2n) is 3.78. The van der Waals surface area contributed by atoms with Crippen molar-refractivity contribution in [1.29, 1.82) is 0 Å². The maximum Gasteiger partial charge on any atom is 0.319 e. The van der Waals surface area contributed by atoms with E-state index in [1.807, 2.05) is 16.3 Å². The summed E-state index contributed by atoms with van der Waals surface area (Å²) in [5.41, 5.74) is 0. The highest BCUT2D eigenvalue weighted by molar-refractivity contribution is 7.92. The van der Waals surface area contributed by atoms with Gasteiger partial charge in [0.25, 0.3) is 0 Å². The van der Waals surface area contributed by atoms with E-state index in [-0.39, 0.29) is 6.03 Å². The van der Waals surface area contributed by atoms with Gasteiger partial charge in [-0.25, -0.2) is 19.3 Å². The summed E-state index contributed by atoms with van der Waals surface area (Å²) in [5.74, 6) is 4.97. The fourth-order valence-electron chi connectivity index (χ4n) is 1.62. The molecular formula is C8H18N4O2S. The van der Waals surface area contributed by atoms with Crippen LogP contribution in [-0.4, -0.2) is 60.4 Å². The van der Waals surface area contributed by atoms with Gasteiger partial charge in [-0.2, -0.15) is 0 Å². The van der Waals surface area contributed by atoms with E-state index >= 15 is 0 Å². The molecule has 7 heteroatoms. The zero-order valence-corrected chi connectivity index (χ0v) is 10.2. The molecule has 1 atom stereocenters. The lowest BCUT2D eigenvalue weighted by atomic mass is 10.3. The maximum absolute atomic E-state index is 11.6. The minimum atomic E-state index is 0.0598. The van der Waals surface area contributed by atoms with Gasteiger partial charge >= 0.3 is 6.03 Å². The van der Waals surface area contributed by atoms with Gasteiger partial charge < -0.3 is 9.80 Å². The first-order valence-electron chi connectivity index (χ1n) is 4.79. The quantitative estimate of drug-likeness (QED) is 0.427. The summed E-state index contributed by atoms with van der Waals surface area (Å²) in [6.07, 6.45) is 0.951. The van der Waals surface area contributed by atoms with Crippen molar-refractivity contribution in [3.8, 4) is 0 Å². The average Bonchev–Trinajstić information content (AvgIpc) is 2.65. The first kappa shape index (κ1) is 12.6. The van der Waals surface area contributed by atoms with Crippen LogP contribution in [0.1, 0.15) is 6.42 Å². The fraction of sp³-hybridized carbons (Fsp3) is 0.875. The lowest BCUT2D eigenvalue weighted by molar-refractivity contribution is 0.179. The number of hydrogen-bond acceptors (Lipinski definition) is 5. The topological polar surface area (TPSA) is 62.0 Å². The molecular weight excluding hydrogens is 216 g/mol. The summed E-state index contributed by atoms with van der Waals surface area (Å²) in [5, 5.41) is 0. The fourth-order valence-corrected chi connectivity index (χ4v) is 2.05. The maximum atomic E-state index is 11.6. The summed E-state index contributed by atoms with van der Waals surface area (Å²) in [6.45, 7) is 1.51. The molecule has 1 aliphatic rings. The summed E-state index contributed by atoms with van der Waals surface area (Å²) in [4.78, 5) is 15.1. The Bertz CT molecular complexity index is 227. The van der Waals surface area contributed by atoms with Crippen LogP contribution in [0.3, 0.4) is 0 Å². The molecule has 2 amide bonds. The third-order valence-electron chi connectivity index (χ3n) is 2.49. The molecule has 0 aromatic carbocycles. The molecule has 0 radical (unpaired) electrons. The molecule has 0 spiro atoms. The summed E-state index contributed by atoms with van der Waals surface area (Å²) in [6, 6.07) is 0.368. The molecule has 2 N–H and O–H groups in total. The van der Waals surface area contributed by atoms with Gasteiger partial charge in [-0.3, -0.25) is 0 Å². The number of rotatable bonds is 3. The monoisotopic (exact) mass is 234 g/mol. The van der Waals surface area contributed by atoms with Crippen molar-refractivity contribution in [1.82, 2.24) is 14.1 Å². The molecule has 6 nitrogen and oxygen atoms in total. The SMILES string of the molecule is CN(C)C(=O)N1CCC(N(C)SON)C1. The standard InChI is InChI=1S/C8H18N4O2S/c1-10(2)8(13)12-5-4-7(6-12)11(3)15-14-9/h7H,4-6,9H2,1-3H3. The van der Waals surface area contributed by atoms with Crippen molar-refractivity contribution in [2.45, 2.75) is 12.5 Å². The Morgan fingerprint density at radius 3 is 2.73 bits per heavy atom. The molecule has 1 unspecified atom stereocenters. The number of likely N-dealkylation sites (tertiary alicyclic amines) is 1. The lowest BCUT2D eigenvalue weighted by Crippen LogP contribution is -2.39. The Balaban J connectivity index is 2.41. The van der Waals surface area contributed by atoms with E-state index in [1.54, 1.807) is 19.0 Å². The molecule has 15 heavy (non-hydrogen) atoms. The van der Waals surface area contributed by atoms with Gasteiger partial charge in [0, 0.05) is 40.3 Å². The Labute approximate surface area is 94.6 Å². The normalized spacial score (nSPS) is 21.1. The number of carbonyl (C=O) groups excluding carboxylic acids is 1. The number of amides is 2. The number of nitrogens with zero attached hydrogens (tertiary/aromatic N) is 3. The molecule has 88 valence electrons. The van der Waals surface area contributed by atoms with Gasteiger partial charge in [0.15, 0.2) is 0 Å². The highest BCUT2D eigenvalue weighted by Crippen LogP contribution is 2.20. The molecule has 1 heterocycles. The third-order valence-corrected chi connectivity index (χ3v) is 3.11. The molecule has 1 fully saturated rings. The zero-order chi connectivity index (χ0) is 11.4. The van der Waals surface area contributed by atoms with E-state index in [2.05, 4.69) is 4.28 Å². The molecule has 0 saturated carbocycles. The third kappa shape index (κ3) is 3.23. The second kappa shape index (κ2) is 5.55. The smallest absolute Gasteiger partial charge is 0.319 e. The van der Waals surface area contributed by atoms with Crippen molar-refractivity contribution in [2.75, 3.05) is 34.2 Å². The van der Waals surface area contributed by atoms with Crippen LogP contribution in [0.5, 0.6) is 0 Å². The number of likely N-dealkylation sites (N-methyl/N-ethyl adjacent to an activating group) is 1. The predicted octanol–water partition coefficient (Wildman–Crippen LogP) is 0.128.